The van der Waals surface area contributed by atoms with Crippen molar-refractivity contribution >= 4 is 29.0 Å². The van der Waals surface area contributed by atoms with Crippen LogP contribution in [0.3, 0.4) is 0 Å². The molecule has 0 spiro atoms. The first-order chi connectivity index (χ1) is 11.6. The minimum Gasteiger partial charge on any atom is -0.331 e. The van der Waals surface area contributed by atoms with Crippen LogP contribution in [-0.2, 0) is 7.05 Å². The van der Waals surface area contributed by atoms with Crippen LogP contribution in [0.5, 0.6) is 0 Å². The summed E-state index contributed by atoms with van der Waals surface area (Å²) in [4.78, 5) is 28.6. The number of nitrogens with one attached hydrogen (secondary N) is 1. The molecule has 0 radical (unpaired) electrons. The summed E-state index contributed by atoms with van der Waals surface area (Å²) in [5.41, 5.74) is 1.48. The van der Waals surface area contributed by atoms with Crippen LogP contribution in [0, 0.1) is 0 Å². The zero-order chi connectivity index (χ0) is 17.1. The third-order valence-corrected chi connectivity index (χ3v) is 3.88. The second kappa shape index (κ2) is 6.68. The van der Waals surface area contributed by atoms with Gasteiger partial charge in [0.1, 0.15) is 0 Å². The maximum absolute atomic E-state index is 12.3. The number of ketones is 1. The SMILES string of the molecule is Cn1ccnc1C(=O)c1ccc(NC(=O)c2ccccc2Cl)cc1. The van der Waals surface area contributed by atoms with E-state index in [-0.39, 0.29) is 11.7 Å². The van der Waals surface area contributed by atoms with Crippen LogP contribution in [0.25, 0.3) is 0 Å². The zero-order valence-electron chi connectivity index (χ0n) is 12.9. The first-order valence-electron chi connectivity index (χ1n) is 7.24. The Balaban J connectivity index is 1.76. The number of imidazole rings is 1. The van der Waals surface area contributed by atoms with Crippen molar-refractivity contribution < 1.29 is 9.59 Å². The van der Waals surface area contributed by atoms with Gasteiger partial charge in [-0.05, 0) is 36.4 Å². The molecule has 6 heteroatoms. The highest BCUT2D eigenvalue weighted by Crippen LogP contribution is 2.18. The molecule has 0 atom stereocenters. The average Bonchev–Trinajstić information content (AvgIpc) is 3.01. The van der Waals surface area contributed by atoms with Crippen molar-refractivity contribution in [1.29, 1.82) is 0 Å². The van der Waals surface area contributed by atoms with Gasteiger partial charge in [0.15, 0.2) is 5.82 Å². The number of rotatable bonds is 4. The number of hydrogen-bond acceptors (Lipinski definition) is 3. The van der Waals surface area contributed by atoms with Crippen molar-refractivity contribution in [1.82, 2.24) is 9.55 Å². The minimum absolute atomic E-state index is 0.175. The smallest absolute Gasteiger partial charge is 0.257 e. The van der Waals surface area contributed by atoms with Gasteiger partial charge in [0.25, 0.3) is 5.91 Å². The van der Waals surface area contributed by atoms with Crippen molar-refractivity contribution in [3.05, 3.63) is 82.9 Å². The van der Waals surface area contributed by atoms with Gasteiger partial charge in [-0.25, -0.2) is 4.98 Å². The van der Waals surface area contributed by atoms with E-state index < -0.39 is 0 Å². The topological polar surface area (TPSA) is 64.0 Å². The molecule has 5 nitrogen and oxygen atoms in total. The molecular formula is C18H14ClN3O2. The first-order valence-corrected chi connectivity index (χ1v) is 7.62. The molecule has 0 saturated heterocycles. The van der Waals surface area contributed by atoms with Crippen molar-refractivity contribution in [2.75, 3.05) is 5.32 Å². The fourth-order valence-electron chi connectivity index (χ4n) is 2.26. The summed E-state index contributed by atoms with van der Waals surface area (Å²) in [6.45, 7) is 0. The molecule has 0 bridgehead atoms. The Bertz CT molecular complexity index is 901. The highest BCUT2D eigenvalue weighted by Gasteiger charge is 2.14. The Labute approximate surface area is 143 Å². The Morgan fingerprint density at radius 3 is 2.42 bits per heavy atom. The lowest BCUT2D eigenvalue weighted by Gasteiger charge is -2.07. The Morgan fingerprint density at radius 1 is 1.08 bits per heavy atom. The fraction of sp³-hybridized carbons (Fsp3) is 0.0556. The number of carbonyl (C=O) groups excluding carboxylic acids is 2. The van der Waals surface area contributed by atoms with E-state index in [0.29, 0.717) is 27.7 Å². The Hall–Kier alpha value is -2.92. The summed E-state index contributed by atoms with van der Waals surface area (Å²) in [7, 11) is 1.76. The molecule has 1 N–H and O–H groups in total. The monoisotopic (exact) mass is 339 g/mol. The van der Waals surface area contributed by atoms with Crippen LogP contribution in [0.15, 0.2) is 60.9 Å². The van der Waals surface area contributed by atoms with Gasteiger partial charge < -0.3 is 9.88 Å². The van der Waals surface area contributed by atoms with Gasteiger partial charge in [-0.3, -0.25) is 9.59 Å². The molecule has 2 aromatic carbocycles. The highest BCUT2D eigenvalue weighted by molar-refractivity contribution is 6.34. The van der Waals surface area contributed by atoms with E-state index in [4.69, 9.17) is 11.6 Å². The molecular weight excluding hydrogens is 326 g/mol. The second-order valence-corrected chi connectivity index (χ2v) is 5.61. The van der Waals surface area contributed by atoms with Gasteiger partial charge >= 0.3 is 0 Å². The maximum Gasteiger partial charge on any atom is 0.257 e. The lowest BCUT2D eigenvalue weighted by molar-refractivity contribution is 0.102. The van der Waals surface area contributed by atoms with Gasteiger partial charge in [-0.2, -0.15) is 0 Å². The van der Waals surface area contributed by atoms with E-state index >= 15 is 0 Å². The highest BCUT2D eigenvalue weighted by atomic mass is 35.5. The molecule has 0 aliphatic rings. The molecule has 24 heavy (non-hydrogen) atoms. The van der Waals surface area contributed by atoms with Gasteiger partial charge in [0.05, 0.1) is 10.6 Å². The summed E-state index contributed by atoms with van der Waals surface area (Å²) < 4.78 is 1.66. The van der Waals surface area contributed by atoms with Gasteiger partial charge in [-0.15, -0.1) is 0 Å². The molecule has 120 valence electrons. The normalized spacial score (nSPS) is 10.4. The van der Waals surface area contributed by atoms with E-state index in [1.54, 1.807) is 72.5 Å². The number of benzene rings is 2. The van der Waals surface area contributed by atoms with E-state index in [9.17, 15) is 9.59 Å². The first kappa shape index (κ1) is 16.0. The van der Waals surface area contributed by atoms with Crippen LogP contribution in [-0.4, -0.2) is 21.2 Å². The molecule has 0 saturated carbocycles. The molecule has 3 rings (SSSR count). The third kappa shape index (κ3) is 3.21. The zero-order valence-corrected chi connectivity index (χ0v) is 13.6. The van der Waals surface area contributed by atoms with Crippen LogP contribution < -0.4 is 5.32 Å². The van der Waals surface area contributed by atoms with E-state index in [1.165, 1.54) is 0 Å². The maximum atomic E-state index is 12.3. The lowest BCUT2D eigenvalue weighted by Crippen LogP contribution is -2.13. The van der Waals surface area contributed by atoms with E-state index in [1.807, 2.05) is 0 Å². The summed E-state index contributed by atoms with van der Waals surface area (Å²) in [5.74, 6) is -0.113. The molecule has 0 fully saturated rings. The predicted octanol–water partition coefficient (Wildman–Crippen LogP) is 3.56. The predicted molar refractivity (Wildman–Crippen MR) is 92.5 cm³/mol. The Morgan fingerprint density at radius 2 is 1.79 bits per heavy atom. The van der Waals surface area contributed by atoms with Crippen LogP contribution in [0.1, 0.15) is 26.5 Å². The molecule has 3 aromatic rings. The molecule has 1 aromatic heterocycles. The second-order valence-electron chi connectivity index (χ2n) is 5.20. The summed E-state index contributed by atoms with van der Waals surface area (Å²) >= 11 is 6.01. The van der Waals surface area contributed by atoms with E-state index in [0.717, 1.165) is 0 Å². The number of anilines is 1. The van der Waals surface area contributed by atoms with Crippen molar-refractivity contribution in [3.8, 4) is 0 Å². The van der Waals surface area contributed by atoms with Gasteiger partial charge in [0.2, 0.25) is 5.78 Å². The van der Waals surface area contributed by atoms with Crippen molar-refractivity contribution in [2.45, 2.75) is 0 Å². The van der Waals surface area contributed by atoms with Crippen LogP contribution >= 0.6 is 11.6 Å². The number of hydrogen-bond donors (Lipinski definition) is 1. The third-order valence-electron chi connectivity index (χ3n) is 3.55. The number of halogens is 1. The largest absolute Gasteiger partial charge is 0.331 e. The number of aryl methyl sites for hydroxylation is 1. The Kier molecular flexibility index (Phi) is 4.44. The van der Waals surface area contributed by atoms with Gasteiger partial charge in [0, 0.05) is 30.7 Å². The molecule has 0 aliphatic carbocycles. The van der Waals surface area contributed by atoms with Crippen LogP contribution in [0.4, 0.5) is 5.69 Å². The average molecular weight is 340 g/mol. The lowest BCUT2D eigenvalue weighted by atomic mass is 10.1. The molecule has 1 amide bonds. The number of carbonyl (C=O) groups is 2. The molecule has 1 heterocycles. The van der Waals surface area contributed by atoms with Crippen molar-refractivity contribution in [2.24, 2.45) is 7.05 Å². The number of nitrogens with zero attached hydrogens (tertiary/aromatic N) is 2. The summed E-state index contributed by atoms with van der Waals surface area (Å²) in [5, 5.41) is 3.14. The van der Waals surface area contributed by atoms with E-state index in [2.05, 4.69) is 10.3 Å². The number of aromatic nitrogens is 2. The fourth-order valence-corrected chi connectivity index (χ4v) is 2.48. The minimum atomic E-state index is -0.302. The summed E-state index contributed by atoms with van der Waals surface area (Å²) in [6.07, 6.45) is 3.29. The standard InChI is InChI=1S/C18H14ClN3O2/c1-22-11-10-20-17(22)16(23)12-6-8-13(9-7-12)21-18(24)14-4-2-3-5-15(14)19/h2-11H,1H3,(H,21,24). The number of amides is 1. The molecule has 0 unspecified atom stereocenters. The van der Waals surface area contributed by atoms with Crippen molar-refractivity contribution in [3.63, 3.8) is 0 Å². The van der Waals surface area contributed by atoms with Crippen LogP contribution in [0.2, 0.25) is 5.02 Å². The van der Waals surface area contributed by atoms with Gasteiger partial charge in [-0.1, -0.05) is 23.7 Å². The quantitative estimate of drug-likeness (QED) is 0.739. The summed E-state index contributed by atoms with van der Waals surface area (Å²) in [6, 6.07) is 13.5. The molecule has 0 aliphatic heterocycles.